The van der Waals surface area contributed by atoms with Crippen LogP contribution in [-0.2, 0) is 20.7 Å². The number of carbonyl (C=O) groups is 1. The molecule has 1 aliphatic heterocycles. The van der Waals surface area contributed by atoms with E-state index in [0.29, 0.717) is 44.3 Å². The second-order valence-electron chi connectivity index (χ2n) is 7.95. The Labute approximate surface area is 199 Å². The number of aliphatic hydroxyl groups excluding tert-OH is 1. The van der Waals surface area contributed by atoms with Gasteiger partial charge in [0.1, 0.15) is 6.61 Å². The second kappa shape index (κ2) is 12.9. The first-order valence-corrected chi connectivity index (χ1v) is 11.9. The van der Waals surface area contributed by atoms with Gasteiger partial charge < -0.3 is 29.0 Å². The van der Waals surface area contributed by atoms with Gasteiger partial charge in [-0.2, -0.15) is 0 Å². The van der Waals surface area contributed by atoms with Crippen molar-refractivity contribution in [3.63, 3.8) is 0 Å². The summed E-state index contributed by atoms with van der Waals surface area (Å²) < 4.78 is 21.8. The molecule has 2 heterocycles. The summed E-state index contributed by atoms with van der Waals surface area (Å²) in [5.74, 6) is 1.31. The molecule has 2 aromatic rings. The predicted molar refractivity (Wildman–Crippen MR) is 127 cm³/mol. The molecule has 9 heteroatoms. The van der Waals surface area contributed by atoms with E-state index in [4.69, 9.17) is 18.9 Å². The van der Waals surface area contributed by atoms with Gasteiger partial charge in [0.15, 0.2) is 11.5 Å². The number of para-hydroxylation sites is 2. The van der Waals surface area contributed by atoms with Crippen LogP contribution in [0.3, 0.4) is 0 Å². The average Bonchev–Trinajstić information content (AvgIpc) is 3.30. The number of methoxy groups -OCH3 is 3. The normalized spacial score (nSPS) is 16.5. The van der Waals surface area contributed by atoms with E-state index in [0.717, 1.165) is 12.0 Å². The number of rotatable bonds is 13. The molecule has 0 aliphatic carbocycles. The van der Waals surface area contributed by atoms with Gasteiger partial charge in [-0.15, -0.1) is 11.3 Å². The Bertz CT molecular complexity index is 876. The van der Waals surface area contributed by atoms with E-state index >= 15 is 0 Å². The van der Waals surface area contributed by atoms with Crippen LogP contribution < -0.4 is 9.47 Å². The van der Waals surface area contributed by atoms with Gasteiger partial charge in [-0.3, -0.25) is 9.69 Å². The standard InChI is InChI=1S/C24H34N2O6S/c1-29-12-11-25(14-18(27)16-30-2)15-24(28)26-10-8-23-19(9-13-33-23)20(26)17-32-22-7-5-4-6-21(22)31-3/h4-7,9,13,18,20,27H,8,10-12,14-17H2,1-3H3/t18-,20-/m0/s1. The lowest BCUT2D eigenvalue weighted by Gasteiger charge is -2.37. The van der Waals surface area contributed by atoms with Crippen LogP contribution in [0.5, 0.6) is 11.5 Å². The number of benzene rings is 1. The molecule has 0 radical (unpaired) electrons. The number of hydrogen-bond acceptors (Lipinski definition) is 8. The molecule has 1 aliphatic rings. The molecule has 1 N–H and O–H groups in total. The van der Waals surface area contributed by atoms with Crippen molar-refractivity contribution < 1.29 is 28.8 Å². The van der Waals surface area contributed by atoms with Crippen LogP contribution in [0.4, 0.5) is 0 Å². The first-order valence-electron chi connectivity index (χ1n) is 11.1. The highest BCUT2D eigenvalue weighted by atomic mass is 32.1. The summed E-state index contributed by atoms with van der Waals surface area (Å²) >= 11 is 1.72. The van der Waals surface area contributed by atoms with Crippen molar-refractivity contribution in [3.05, 3.63) is 46.2 Å². The summed E-state index contributed by atoms with van der Waals surface area (Å²) in [6.45, 7) is 2.73. The number of hydrogen-bond donors (Lipinski definition) is 1. The molecular weight excluding hydrogens is 444 g/mol. The van der Waals surface area contributed by atoms with E-state index in [2.05, 4.69) is 11.4 Å². The monoisotopic (exact) mass is 478 g/mol. The van der Waals surface area contributed by atoms with Crippen LogP contribution in [-0.4, -0.2) is 94.2 Å². The minimum Gasteiger partial charge on any atom is -0.493 e. The van der Waals surface area contributed by atoms with Gasteiger partial charge in [0.2, 0.25) is 5.91 Å². The SMILES string of the molecule is COCCN(CC(=O)N1CCc2sccc2[C@@H]1COc1ccccc1OC)C[C@H](O)COC. The lowest BCUT2D eigenvalue weighted by molar-refractivity contribution is -0.136. The zero-order valence-corrected chi connectivity index (χ0v) is 20.4. The fourth-order valence-electron chi connectivity index (χ4n) is 4.06. The summed E-state index contributed by atoms with van der Waals surface area (Å²) in [5.41, 5.74) is 1.14. The average molecular weight is 479 g/mol. The van der Waals surface area contributed by atoms with Gasteiger partial charge in [0, 0.05) is 38.7 Å². The zero-order valence-electron chi connectivity index (χ0n) is 19.6. The summed E-state index contributed by atoms with van der Waals surface area (Å²) in [7, 11) is 4.79. The van der Waals surface area contributed by atoms with Gasteiger partial charge in [0.25, 0.3) is 0 Å². The Hall–Kier alpha value is -2.17. The molecule has 0 bridgehead atoms. The third-order valence-corrected chi connectivity index (χ3v) is 6.68. The molecule has 8 nitrogen and oxygen atoms in total. The number of thiophene rings is 1. The van der Waals surface area contributed by atoms with E-state index in [1.807, 2.05) is 34.1 Å². The molecule has 0 spiro atoms. The Kier molecular flexibility index (Phi) is 9.95. The van der Waals surface area contributed by atoms with Crippen molar-refractivity contribution in [1.82, 2.24) is 9.80 Å². The number of nitrogens with zero attached hydrogens (tertiary/aromatic N) is 2. The Morgan fingerprint density at radius 2 is 2.00 bits per heavy atom. The van der Waals surface area contributed by atoms with Crippen molar-refractivity contribution >= 4 is 17.2 Å². The maximum atomic E-state index is 13.4. The van der Waals surface area contributed by atoms with E-state index in [1.165, 1.54) is 4.88 Å². The Morgan fingerprint density at radius 3 is 2.73 bits per heavy atom. The molecule has 1 amide bonds. The minimum atomic E-state index is -0.672. The molecule has 3 rings (SSSR count). The summed E-state index contributed by atoms with van der Waals surface area (Å²) in [4.78, 5) is 18.5. The van der Waals surface area contributed by atoms with Gasteiger partial charge in [-0.05, 0) is 35.6 Å². The summed E-state index contributed by atoms with van der Waals surface area (Å²) in [5, 5.41) is 12.3. The first kappa shape index (κ1) is 25.5. The third-order valence-electron chi connectivity index (χ3n) is 5.68. The molecule has 2 atom stereocenters. The van der Waals surface area contributed by atoms with Gasteiger partial charge in [-0.25, -0.2) is 0 Å². The van der Waals surface area contributed by atoms with Crippen molar-refractivity contribution in [2.75, 3.05) is 67.3 Å². The van der Waals surface area contributed by atoms with Gasteiger partial charge in [-0.1, -0.05) is 12.1 Å². The maximum absolute atomic E-state index is 13.4. The van der Waals surface area contributed by atoms with Crippen LogP contribution >= 0.6 is 11.3 Å². The molecule has 1 aromatic heterocycles. The van der Waals surface area contributed by atoms with Gasteiger partial charge in [0.05, 0.1) is 39.0 Å². The zero-order chi connectivity index (χ0) is 23.6. The minimum absolute atomic E-state index is 0.00111. The third kappa shape index (κ3) is 6.91. The van der Waals surface area contributed by atoms with Crippen molar-refractivity contribution in [3.8, 4) is 11.5 Å². The van der Waals surface area contributed by atoms with E-state index < -0.39 is 6.10 Å². The van der Waals surface area contributed by atoms with E-state index in [-0.39, 0.29) is 25.1 Å². The fourth-order valence-corrected chi connectivity index (χ4v) is 4.99. The number of carbonyl (C=O) groups excluding carboxylic acids is 1. The summed E-state index contributed by atoms with van der Waals surface area (Å²) in [6.07, 6.45) is 0.156. The summed E-state index contributed by atoms with van der Waals surface area (Å²) in [6, 6.07) is 9.41. The Morgan fingerprint density at radius 1 is 1.21 bits per heavy atom. The fraction of sp³-hybridized carbons (Fsp3) is 0.542. The predicted octanol–water partition coefficient (Wildman–Crippen LogP) is 2.22. The maximum Gasteiger partial charge on any atom is 0.237 e. The van der Waals surface area contributed by atoms with Gasteiger partial charge >= 0.3 is 0 Å². The molecule has 0 fully saturated rings. The molecule has 0 saturated heterocycles. The van der Waals surface area contributed by atoms with Crippen molar-refractivity contribution in [2.24, 2.45) is 0 Å². The highest BCUT2D eigenvalue weighted by molar-refractivity contribution is 7.10. The molecular formula is C24H34N2O6S. The highest BCUT2D eigenvalue weighted by Crippen LogP contribution is 2.35. The number of amides is 1. The smallest absolute Gasteiger partial charge is 0.237 e. The lowest BCUT2D eigenvalue weighted by atomic mass is 10.0. The van der Waals surface area contributed by atoms with Crippen LogP contribution in [0.25, 0.3) is 0 Å². The van der Waals surface area contributed by atoms with Crippen LogP contribution in [0.15, 0.2) is 35.7 Å². The molecule has 1 aromatic carbocycles. The molecule has 0 saturated carbocycles. The second-order valence-corrected chi connectivity index (χ2v) is 8.95. The number of ether oxygens (including phenoxy) is 4. The van der Waals surface area contributed by atoms with E-state index in [1.54, 1.807) is 32.7 Å². The van der Waals surface area contributed by atoms with Crippen LogP contribution in [0.2, 0.25) is 0 Å². The lowest BCUT2D eigenvalue weighted by Crippen LogP contribution is -2.48. The number of aliphatic hydroxyl groups is 1. The highest BCUT2D eigenvalue weighted by Gasteiger charge is 2.33. The van der Waals surface area contributed by atoms with Crippen LogP contribution in [0, 0.1) is 0 Å². The largest absolute Gasteiger partial charge is 0.493 e. The number of fused-ring (bicyclic) bond motifs is 1. The topological polar surface area (TPSA) is 80.7 Å². The quantitative estimate of drug-likeness (QED) is 0.473. The van der Waals surface area contributed by atoms with Crippen molar-refractivity contribution in [2.45, 2.75) is 18.6 Å². The Balaban J connectivity index is 1.73. The van der Waals surface area contributed by atoms with E-state index in [9.17, 15) is 9.90 Å². The van der Waals surface area contributed by atoms with Crippen LogP contribution in [0.1, 0.15) is 16.5 Å². The molecule has 182 valence electrons. The van der Waals surface area contributed by atoms with Crippen molar-refractivity contribution in [1.29, 1.82) is 0 Å². The molecule has 0 unspecified atom stereocenters. The first-order chi connectivity index (χ1) is 16.1. The molecule has 33 heavy (non-hydrogen) atoms.